The Morgan fingerprint density at radius 1 is 1.01 bits per heavy atom. The molecular weight excluding hydrogens is 945 g/mol. The van der Waals surface area contributed by atoms with Crippen LogP contribution in [0.3, 0.4) is 0 Å². The number of esters is 1. The van der Waals surface area contributed by atoms with Crippen LogP contribution in [0, 0.1) is 17.8 Å². The number of ether oxygens (including phenoxy) is 7. The SMILES string of the molecule is CC[C@H]1OC(=O)[C@H](C)[C@@H](O[C@@H](CCOC)O[C@@H](C)[C@@H](C)O)[C@H](C)[C@@H](O[C@@H]2O[C@H](C)C[C@H](N(C)C)[C@H]2O)[C@](C)(O)C[C@@H](C)CN(CCCNC(=S)Nc2cc(-c3ccccc3)ccc2OC)[C@H](C)[C@@H](O)[C@]1(C)O. The maximum Gasteiger partial charge on any atom is 0.311 e. The van der Waals surface area contributed by atoms with Crippen molar-refractivity contribution in [1.29, 1.82) is 0 Å². The summed E-state index contributed by atoms with van der Waals surface area (Å²) in [6.45, 7) is 19.0. The number of hydrogen-bond acceptors (Lipinski definition) is 16. The van der Waals surface area contributed by atoms with Crippen molar-refractivity contribution >= 4 is 29.0 Å². The molecule has 0 bridgehead atoms. The van der Waals surface area contributed by atoms with Gasteiger partial charge in [-0.2, -0.15) is 0 Å². The number of carbonyl (C=O) groups excluding carboxylic acids is 1. The number of likely N-dealkylation sites (N-methyl/N-ethyl adjacent to an activating group) is 1. The number of nitrogens with one attached hydrogen (secondary N) is 2. The summed E-state index contributed by atoms with van der Waals surface area (Å²) in [7, 11) is 6.92. The van der Waals surface area contributed by atoms with E-state index in [2.05, 4.69) is 15.5 Å². The van der Waals surface area contributed by atoms with Crippen molar-refractivity contribution in [3.63, 3.8) is 0 Å². The fourth-order valence-corrected chi connectivity index (χ4v) is 10.5. The topological polar surface area (TPSA) is 213 Å². The highest BCUT2D eigenvalue weighted by molar-refractivity contribution is 7.80. The van der Waals surface area contributed by atoms with Crippen molar-refractivity contribution in [3.8, 4) is 16.9 Å². The number of thiocarbonyl (C=S) groups is 1. The van der Waals surface area contributed by atoms with E-state index in [0.717, 1.165) is 11.1 Å². The van der Waals surface area contributed by atoms with Gasteiger partial charge in [0, 0.05) is 51.2 Å². The molecule has 0 unspecified atom stereocenters. The largest absolute Gasteiger partial charge is 0.495 e. The van der Waals surface area contributed by atoms with Crippen LogP contribution in [0.4, 0.5) is 5.69 Å². The number of carbonyl (C=O) groups is 1. The molecule has 4 rings (SSSR count). The molecule has 2 fully saturated rings. The Hall–Kier alpha value is -3.08. The molecule has 0 aromatic heterocycles. The highest BCUT2D eigenvalue weighted by Gasteiger charge is 2.51. The Morgan fingerprint density at radius 3 is 2.31 bits per heavy atom. The zero-order valence-corrected chi connectivity index (χ0v) is 46.3. The molecule has 2 aliphatic rings. The summed E-state index contributed by atoms with van der Waals surface area (Å²) in [5.74, 6) is -2.22. The monoisotopic (exact) mass is 1030 g/mol. The molecule has 7 N–H and O–H groups in total. The molecule has 17 atom stereocenters. The fourth-order valence-electron chi connectivity index (χ4n) is 10.3. The molecular formula is C54H90N4O13S. The molecule has 0 saturated carbocycles. The van der Waals surface area contributed by atoms with Crippen LogP contribution in [0.2, 0.25) is 0 Å². The number of nitrogens with zero attached hydrogens (tertiary/aromatic N) is 2. The van der Waals surface area contributed by atoms with Crippen LogP contribution in [-0.2, 0) is 33.2 Å². The fraction of sp³-hybridized carbons (Fsp3) is 0.741. The lowest BCUT2D eigenvalue weighted by Gasteiger charge is -2.47. The molecule has 0 aliphatic carbocycles. The van der Waals surface area contributed by atoms with E-state index in [0.29, 0.717) is 49.0 Å². The Morgan fingerprint density at radius 2 is 1.69 bits per heavy atom. The lowest BCUT2D eigenvalue weighted by Crippen LogP contribution is -2.59. The van der Waals surface area contributed by atoms with E-state index in [-0.39, 0.29) is 43.9 Å². The summed E-state index contributed by atoms with van der Waals surface area (Å²) in [5, 5.41) is 66.7. The van der Waals surface area contributed by atoms with Crippen molar-refractivity contribution in [2.75, 3.05) is 59.9 Å². The Labute approximate surface area is 435 Å². The molecule has 0 spiro atoms. The molecule has 410 valence electrons. The van der Waals surface area contributed by atoms with Crippen molar-refractivity contribution in [2.24, 2.45) is 17.8 Å². The van der Waals surface area contributed by atoms with E-state index in [4.69, 9.17) is 45.4 Å². The van der Waals surface area contributed by atoms with Gasteiger partial charge in [0.05, 0.1) is 61.4 Å². The van der Waals surface area contributed by atoms with Gasteiger partial charge in [-0.3, -0.25) is 9.69 Å². The van der Waals surface area contributed by atoms with Gasteiger partial charge >= 0.3 is 5.97 Å². The Balaban J connectivity index is 1.71. The third-order valence-corrected chi connectivity index (χ3v) is 14.9. The molecule has 2 aliphatic heterocycles. The molecule has 0 radical (unpaired) electrons. The molecule has 2 aromatic carbocycles. The minimum atomic E-state index is -1.91. The number of methoxy groups -OCH3 is 2. The predicted molar refractivity (Wildman–Crippen MR) is 283 cm³/mol. The lowest BCUT2D eigenvalue weighted by molar-refractivity contribution is -0.306. The molecule has 17 nitrogen and oxygen atoms in total. The van der Waals surface area contributed by atoms with Crippen LogP contribution in [0.25, 0.3) is 11.1 Å². The van der Waals surface area contributed by atoms with E-state index < -0.39 is 90.4 Å². The average Bonchev–Trinajstić information content (AvgIpc) is 3.33. The molecule has 18 heteroatoms. The van der Waals surface area contributed by atoms with Crippen molar-refractivity contribution in [3.05, 3.63) is 48.5 Å². The normalized spacial score (nSPS) is 33.8. The first-order valence-corrected chi connectivity index (χ1v) is 26.3. The highest BCUT2D eigenvalue weighted by atomic mass is 32.1. The number of rotatable bonds is 19. The summed E-state index contributed by atoms with van der Waals surface area (Å²) in [4.78, 5) is 18.6. The zero-order valence-electron chi connectivity index (χ0n) is 45.4. The third kappa shape index (κ3) is 16.7. The molecule has 2 heterocycles. The first kappa shape index (κ1) is 61.5. The quantitative estimate of drug-likeness (QED) is 0.0397. The van der Waals surface area contributed by atoms with E-state index in [9.17, 15) is 30.3 Å². The number of cyclic esters (lactones) is 1. The highest BCUT2D eigenvalue weighted by Crippen LogP contribution is 2.39. The lowest BCUT2D eigenvalue weighted by atomic mass is 9.77. The van der Waals surface area contributed by atoms with E-state index in [1.807, 2.05) is 95.2 Å². The predicted octanol–water partition coefficient (Wildman–Crippen LogP) is 5.57. The first-order chi connectivity index (χ1) is 33.9. The van der Waals surface area contributed by atoms with Crippen LogP contribution in [0.5, 0.6) is 5.75 Å². The third-order valence-electron chi connectivity index (χ3n) is 14.6. The second-order valence-corrected chi connectivity index (χ2v) is 21.5. The Kier molecular flexibility index (Phi) is 24.0. The maximum atomic E-state index is 14.6. The number of hydrogen-bond donors (Lipinski definition) is 7. The summed E-state index contributed by atoms with van der Waals surface area (Å²) in [5.41, 5.74) is -0.805. The molecule has 0 amide bonds. The van der Waals surface area contributed by atoms with Crippen LogP contribution >= 0.6 is 12.2 Å². The average molecular weight is 1040 g/mol. The second kappa shape index (κ2) is 28.2. The van der Waals surface area contributed by atoms with Gasteiger partial charge in [0.1, 0.15) is 29.7 Å². The van der Waals surface area contributed by atoms with Crippen LogP contribution in [0.1, 0.15) is 101 Å². The minimum absolute atomic E-state index is 0.162. The van der Waals surface area contributed by atoms with Gasteiger partial charge < -0.3 is 74.2 Å². The van der Waals surface area contributed by atoms with Crippen molar-refractivity contribution < 1.29 is 63.5 Å². The summed E-state index contributed by atoms with van der Waals surface area (Å²) >= 11 is 5.75. The smallest absolute Gasteiger partial charge is 0.311 e. The van der Waals surface area contributed by atoms with Gasteiger partial charge in [0.15, 0.2) is 17.7 Å². The minimum Gasteiger partial charge on any atom is -0.495 e. The van der Waals surface area contributed by atoms with Crippen LogP contribution in [0.15, 0.2) is 48.5 Å². The number of aliphatic hydroxyl groups is 5. The number of anilines is 1. The van der Waals surface area contributed by atoms with E-state index in [1.165, 1.54) is 6.92 Å². The van der Waals surface area contributed by atoms with Crippen LogP contribution in [-0.4, -0.2) is 186 Å². The first-order valence-electron chi connectivity index (χ1n) is 25.8. The van der Waals surface area contributed by atoms with E-state index >= 15 is 0 Å². The molecule has 2 aromatic rings. The van der Waals surface area contributed by atoms with Gasteiger partial charge in [-0.1, -0.05) is 57.2 Å². The van der Waals surface area contributed by atoms with Crippen molar-refractivity contribution in [1.82, 2.24) is 15.1 Å². The van der Waals surface area contributed by atoms with Crippen LogP contribution < -0.4 is 15.4 Å². The number of aliphatic hydroxyl groups excluding tert-OH is 3. The summed E-state index contributed by atoms with van der Waals surface area (Å²) in [6, 6.07) is 14.9. The van der Waals surface area contributed by atoms with Gasteiger partial charge in [-0.15, -0.1) is 0 Å². The summed E-state index contributed by atoms with van der Waals surface area (Å²) < 4.78 is 43.5. The standard InChI is InChI=1S/C54H90N4O13S/c1-15-44-54(10,64)48(61)36(6)58(26-19-25-55-52(72)56-41-29-40(22-23-43(41)66-14)39-20-17-16-18-21-39)31-32(2)30-53(9,63)49(71-51-46(60)42(57(11)12)28-33(3)67-51)34(4)47(35(5)50(62)69-44)70-45(24-27-65-13)68-38(8)37(7)59/h16-18,20-23,29,32-38,42,44-49,51,59-61,63-64H,15,19,24-28,30-31H2,1-14H3,(H2,55,56,72)/t32-,33-,34+,35-,36-,37-,38+,42+,44-,45+,46-,47+,48-,49-,51+,53-,54-/m1/s1. The van der Waals surface area contributed by atoms with Crippen molar-refractivity contribution in [2.45, 2.75) is 186 Å². The van der Waals surface area contributed by atoms with Gasteiger partial charge in [-0.25, -0.2) is 0 Å². The zero-order chi connectivity index (χ0) is 53.7. The summed E-state index contributed by atoms with van der Waals surface area (Å²) in [6.07, 6.45) is -8.12. The van der Waals surface area contributed by atoms with E-state index in [1.54, 1.807) is 48.8 Å². The maximum absolute atomic E-state index is 14.6. The molecule has 72 heavy (non-hydrogen) atoms. The van der Waals surface area contributed by atoms with Gasteiger partial charge in [0.2, 0.25) is 0 Å². The number of benzene rings is 2. The van der Waals surface area contributed by atoms with Gasteiger partial charge in [-0.05, 0) is 130 Å². The molecule has 2 saturated heterocycles. The van der Waals surface area contributed by atoms with Gasteiger partial charge in [0.25, 0.3) is 0 Å². The second-order valence-electron chi connectivity index (χ2n) is 21.1. The Bertz CT molecular complexity index is 1950.